The van der Waals surface area contributed by atoms with E-state index in [0.29, 0.717) is 16.8 Å². The van der Waals surface area contributed by atoms with Gasteiger partial charge in [-0.1, -0.05) is 0 Å². The average molecular weight is 291 g/mol. The summed E-state index contributed by atoms with van der Waals surface area (Å²) in [5.74, 6) is -1.42. The molecule has 0 aliphatic heterocycles. The third-order valence-electron chi connectivity index (χ3n) is 3.21. The van der Waals surface area contributed by atoms with E-state index in [-0.39, 0.29) is 22.8 Å². The number of rotatable bonds is 3. The van der Waals surface area contributed by atoms with Crippen LogP contribution in [0.4, 0.5) is 14.5 Å². The van der Waals surface area contributed by atoms with Crippen molar-refractivity contribution in [2.75, 3.05) is 5.73 Å². The molecule has 0 radical (unpaired) electrons. The van der Waals surface area contributed by atoms with Gasteiger partial charge in [0.15, 0.2) is 17.3 Å². The number of nitrogens with two attached hydrogens (primary N) is 1. The van der Waals surface area contributed by atoms with E-state index in [9.17, 15) is 13.6 Å². The topological polar surface area (TPSA) is 52.3 Å². The third kappa shape index (κ3) is 2.86. The molecule has 0 fully saturated rings. The van der Waals surface area contributed by atoms with Crippen LogP contribution in [0.1, 0.15) is 28.4 Å². The van der Waals surface area contributed by atoms with Gasteiger partial charge in [-0.05, 0) is 44.5 Å². The summed E-state index contributed by atoms with van der Waals surface area (Å²) in [6.45, 7) is 4.48. The van der Waals surface area contributed by atoms with E-state index in [0.717, 1.165) is 12.1 Å². The molecule has 2 aromatic rings. The van der Waals surface area contributed by atoms with Gasteiger partial charge in [0.25, 0.3) is 0 Å². The van der Waals surface area contributed by atoms with Crippen LogP contribution in [-0.4, -0.2) is 5.78 Å². The first kappa shape index (κ1) is 15.0. The van der Waals surface area contributed by atoms with E-state index in [1.165, 1.54) is 26.0 Å². The van der Waals surface area contributed by atoms with Crippen LogP contribution in [0.15, 0.2) is 24.3 Å². The first-order chi connectivity index (χ1) is 9.81. The van der Waals surface area contributed by atoms with Gasteiger partial charge in [0.2, 0.25) is 0 Å². The summed E-state index contributed by atoms with van der Waals surface area (Å²) in [4.78, 5) is 11.6. The van der Waals surface area contributed by atoms with Crippen molar-refractivity contribution in [3.63, 3.8) is 0 Å². The Morgan fingerprint density at radius 2 is 1.81 bits per heavy atom. The van der Waals surface area contributed by atoms with E-state index < -0.39 is 11.6 Å². The van der Waals surface area contributed by atoms with Gasteiger partial charge in [-0.2, -0.15) is 0 Å². The van der Waals surface area contributed by atoms with E-state index in [1.54, 1.807) is 6.92 Å². The lowest BCUT2D eigenvalue weighted by atomic mass is 10.0. The van der Waals surface area contributed by atoms with Crippen molar-refractivity contribution in [3.8, 4) is 11.5 Å². The van der Waals surface area contributed by atoms with E-state index in [1.807, 2.05) is 0 Å². The fourth-order valence-electron chi connectivity index (χ4n) is 2.18. The summed E-state index contributed by atoms with van der Waals surface area (Å²) in [6.07, 6.45) is 0. The summed E-state index contributed by atoms with van der Waals surface area (Å²) >= 11 is 0. The smallest absolute Gasteiger partial charge is 0.168 e. The maximum absolute atomic E-state index is 14.0. The number of aryl methyl sites for hydroxylation is 1. The number of ketones is 1. The first-order valence-corrected chi connectivity index (χ1v) is 6.34. The zero-order chi connectivity index (χ0) is 15.7. The van der Waals surface area contributed by atoms with Crippen molar-refractivity contribution in [2.24, 2.45) is 0 Å². The van der Waals surface area contributed by atoms with Crippen LogP contribution in [0.2, 0.25) is 0 Å². The number of ether oxygens (including phenoxy) is 1. The molecule has 2 aromatic carbocycles. The molecule has 0 bridgehead atoms. The number of hydrogen-bond acceptors (Lipinski definition) is 3. The number of anilines is 1. The molecule has 0 aliphatic carbocycles. The van der Waals surface area contributed by atoms with E-state index >= 15 is 0 Å². The molecule has 2 N–H and O–H groups in total. The first-order valence-electron chi connectivity index (χ1n) is 6.34. The van der Waals surface area contributed by atoms with Gasteiger partial charge >= 0.3 is 0 Å². The predicted molar refractivity (Wildman–Crippen MR) is 76.8 cm³/mol. The molecule has 0 aromatic heterocycles. The molecule has 0 atom stereocenters. The molecular formula is C16H15F2NO2. The largest absolute Gasteiger partial charge is 0.454 e. The number of benzene rings is 2. The second-order valence-electron chi connectivity index (χ2n) is 4.85. The molecule has 5 heteroatoms. The van der Waals surface area contributed by atoms with Crippen LogP contribution in [0.5, 0.6) is 11.5 Å². The lowest BCUT2D eigenvalue weighted by molar-refractivity contribution is 0.101. The highest BCUT2D eigenvalue weighted by molar-refractivity contribution is 6.01. The number of carbonyl (C=O) groups excluding carboxylic acids is 1. The zero-order valence-electron chi connectivity index (χ0n) is 12.0. The zero-order valence-corrected chi connectivity index (χ0v) is 12.0. The van der Waals surface area contributed by atoms with Crippen LogP contribution < -0.4 is 10.5 Å². The highest BCUT2D eigenvalue weighted by Crippen LogP contribution is 2.33. The molecule has 0 aliphatic rings. The molecule has 2 rings (SSSR count). The molecule has 0 saturated carbocycles. The molecular weight excluding hydrogens is 276 g/mol. The van der Waals surface area contributed by atoms with Crippen LogP contribution in [-0.2, 0) is 0 Å². The van der Waals surface area contributed by atoms with Gasteiger partial charge in [-0.3, -0.25) is 4.79 Å². The summed E-state index contributed by atoms with van der Waals surface area (Å²) in [6, 6.07) is 5.07. The van der Waals surface area contributed by atoms with Gasteiger partial charge in [-0.15, -0.1) is 0 Å². The standard InChI is InChI=1S/C16H15F2NO2/c1-8-6-11(17)7-14(16(8)18)21-13-5-4-12(19)15(9(13)2)10(3)20/h4-7H,19H2,1-3H3. The van der Waals surface area contributed by atoms with Gasteiger partial charge < -0.3 is 10.5 Å². The molecule has 110 valence electrons. The van der Waals surface area contributed by atoms with Crippen LogP contribution in [0.25, 0.3) is 0 Å². The lowest BCUT2D eigenvalue weighted by Gasteiger charge is -2.14. The van der Waals surface area contributed by atoms with Crippen LogP contribution >= 0.6 is 0 Å². The number of halogens is 2. The Morgan fingerprint density at radius 3 is 2.43 bits per heavy atom. The Labute approximate surface area is 121 Å². The minimum atomic E-state index is -0.642. The van der Waals surface area contributed by atoms with Crippen LogP contribution in [0.3, 0.4) is 0 Å². The van der Waals surface area contributed by atoms with E-state index in [4.69, 9.17) is 10.5 Å². The second-order valence-corrected chi connectivity index (χ2v) is 4.85. The third-order valence-corrected chi connectivity index (χ3v) is 3.21. The van der Waals surface area contributed by atoms with Gasteiger partial charge in [-0.25, -0.2) is 8.78 Å². The maximum Gasteiger partial charge on any atom is 0.168 e. The number of hydrogen-bond donors (Lipinski definition) is 1. The fourth-order valence-corrected chi connectivity index (χ4v) is 2.18. The SMILES string of the molecule is CC(=O)c1c(N)ccc(Oc2cc(F)cc(C)c2F)c1C. The Kier molecular flexibility index (Phi) is 3.93. The second kappa shape index (κ2) is 5.52. The molecule has 0 amide bonds. The Balaban J connectivity index is 2.51. The van der Waals surface area contributed by atoms with Gasteiger partial charge in [0.1, 0.15) is 11.6 Å². The van der Waals surface area contributed by atoms with Crippen molar-refractivity contribution in [1.29, 1.82) is 0 Å². The summed E-state index contributed by atoms with van der Waals surface area (Å²) < 4.78 is 32.7. The Bertz CT molecular complexity index is 727. The quantitative estimate of drug-likeness (QED) is 0.682. The highest BCUT2D eigenvalue weighted by atomic mass is 19.1. The monoisotopic (exact) mass is 291 g/mol. The number of nitrogen functional groups attached to an aromatic ring is 1. The van der Waals surface area contributed by atoms with Crippen molar-refractivity contribution in [2.45, 2.75) is 20.8 Å². The predicted octanol–water partition coefficient (Wildman–Crippen LogP) is 4.16. The molecule has 0 heterocycles. The number of Topliss-reactive ketones (excluding diaryl/α,β-unsaturated/α-hetero) is 1. The minimum absolute atomic E-state index is 0.143. The molecule has 0 saturated heterocycles. The van der Waals surface area contributed by atoms with Gasteiger partial charge in [0, 0.05) is 22.9 Å². The molecule has 0 spiro atoms. The number of carbonyl (C=O) groups is 1. The fraction of sp³-hybridized carbons (Fsp3) is 0.188. The molecule has 21 heavy (non-hydrogen) atoms. The Hall–Kier alpha value is -2.43. The van der Waals surface area contributed by atoms with Crippen molar-refractivity contribution < 1.29 is 18.3 Å². The van der Waals surface area contributed by atoms with E-state index in [2.05, 4.69) is 0 Å². The summed E-state index contributed by atoms with van der Waals surface area (Å²) in [5.41, 5.74) is 7.03. The average Bonchev–Trinajstić information content (AvgIpc) is 2.38. The molecule has 0 unspecified atom stereocenters. The Morgan fingerprint density at radius 1 is 1.14 bits per heavy atom. The van der Waals surface area contributed by atoms with Crippen molar-refractivity contribution >= 4 is 11.5 Å². The summed E-state index contributed by atoms with van der Waals surface area (Å²) in [7, 11) is 0. The van der Waals surface area contributed by atoms with Gasteiger partial charge in [0.05, 0.1) is 0 Å². The lowest BCUT2D eigenvalue weighted by Crippen LogP contribution is -2.04. The van der Waals surface area contributed by atoms with Crippen LogP contribution in [0, 0.1) is 25.5 Å². The maximum atomic E-state index is 14.0. The summed E-state index contributed by atoms with van der Waals surface area (Å²) in [5, 5.41) is 0. The normalized spacial score (nSPS) is 10.5. The highest BCUT2D eigenvalue weighted by Gasteiger charge is 2.16. The van der Waals surface area contributed by atoms with Crippen molar-refractivity contribution in [1.82, 2.24) is 0 Å². The molecule has 3 nitrogen and oxygen atoms in total. The minimum Gasteiger partial charge on any atom is -0.454 e. The van der Waals surface area contributed by atoms with Crippen molar-refractivity contribution in [3.05, 3.63) is 52.6 Å².